The van der Waals surface area contributed by atoms with Gasteiger partial charge in [0.2, 0.25) is 0 Å². The molecule has 0 bridgehead atoms. The Morgan fingerprint density at radius 3 is 2.12 bits per heavy atom. The van der Waals surface area contributed by atoms with Crippen LogP contribution in [0.5, 0.6) is 5.75 Å². The lowest BCUT2D eigenvalue weighted by Crippen LogP contribution is -2.53. The highest BCUT2D eigenvalue weighted by atomic mass is 16.5. The van der Waals surface area contributed by atoms with Gasteiger partial charge in [-0.05, 0) is 69.3 Å². The number of anilines is 2. The Kier molecular flexibility index (Phi) is 5.61. The van der Waals surface area contributed by atoms with Gasteiger partial charge < -0.3 is 15.4 Å². The number of hydrogen-bond acceptors (Lipinski definition) is 7. The van der Waals surface area contributed by atoms with Crippen LogP contribution in [0.2, 0.25) is 0 Å². The number of ether oxygens (including phenoxy) is 1. The molecule has 8 nitrogen and oxygen atoms in total. The van der Waals surface area contributed by atoms with Crippen molar-refractivity contribution in [2.75, 3.05) is 43.9 Å². The molecule has 2 N–H and O–H groups in total. The van der Waals surface area contributed by atoms with Gasteiger partial charge in [-0.3, -0.25) is 4.90 Å². The van der Waals surface area contributed by atoms with E-state index in [0.29, 0.717) is 22.7 Å². The molecule has 1 aliphatic rings. The van der Waals surface area contributed by atoms with Crippen molar-refractivity contribution in [2.45, 2.75) is 26.3 Å². The van der Waals surface area contributed by atoms with E-state index in [1.54, 1.807) is 13.3 Å². The molecule has 5 rings (SSSR count). The predicted octanol–water partition coefficient (Wildman–Crippen LogP) is 3.99. The first kappa shape index (κ1) is 22.2. The number of methoxy groups -OCH3 is 1. The smallest absolute Gasteiger partial charge is 0.162 e. The lowest BCUT2D eigenvalue weighted by Gasteiger charge is -2.43. The van der Waals surface area contributed by atoms with Crippen molar-refractivity contribution in [2.24, 2.45) is 0 Å². The molecule has 1 fully saturated rings. The molecular weight excluding hydrogens is 426 g/mol. The van der Waals surface area contributed by atoms with Crippen LogP contribution in [0.25, 0.3) is 28.1 Å². The predicted molar refractivity (Wildman–Crippen MR) is 137 cm³/mol. The van der Waals surface area contributed by atoms with Gasteiger partial charge in [-0.2, -0.15) is 5.10 Å². The number of aromatic nitrogens is 4. The van der Waals surface area contributed by atoms with Crippen molar-refractivity contribution in [3.63, 3.8) is 0 Å². The largest absolute Gasteiger partial charge is 0.497 e. The third-order valence-corrected chi connectivity index (χ3v) is 6.48. The molecule has 2 aromatic heterocycles. The number of nitrogens with zero attached hydrogens (tertiary/aromatic N) is 6. The monoisotopic (exact) mass is 457 g/mol. The SMILES string of the molecule is COc1ccc(-c2nc(N)c3c(cnn3-c3ccc(N4CCN(C(C)(C)C)CC4)cc3)n2)cc1. The molecule has 1 saturated heterocycles. The quantitative estimate of drug-likeness (QED) is 0.496. The van der Waals surface area contributed by atoms with Crippen LogP contribution in [0, 0.1) is 0 Å². The van der Waals surface area contributed by atoms with Gasteiger partial charge in [0.15, 0.2) is 11.6 Å². The van der Waals surface area contributed by atoms with E-state index in [0.717, 1.165) is 43.2 Å². The summed E-state index contributed by atoms with van der Waals surface area (Å²) >= 11 is 0. The number of piperazine rings is 1. The number of fused-ring (bicyclic) bond motifs is 1. The molecule has 0 aliphatic carbocycles. The second-order valence-electron chi connectivity index (χ2n) is 9.61. The maximum absolute atomic E-state index is 6.38. The van der Waals surface area contributed by atoms with E-state index in [-0.39, 0.29) is 5.54 Å². The maximum atomic E-state index is 6.38. The molecule has 1 aliphatic heterocycles. The molecule has 4 aromatic rings. The Labute approximate surface area is 200 Å². The summed E-state index contributed by atoms with van der Waals surface area (Å²) in [5, 5.41) is 4.56. The highest BCUT2D eigenvalue weighted by Crippen LogP contribution is 2.28. The molecule has 0 atom stereocenters. The first-order valence-corrected chi connectivity index (χ1v) is 11.6. The molecule has 0 radical (unpaired) electrons. The Morgan fingerprint density at radius 1 is 0.853 bits per heavy atom. The van der Waals surface area contributed by atoms with Crippen molar-refractivity contribution in [3.8, 4) is 22.8 Å². The van der Waals surface area contributed by atoms with Gasteiger partial charge in [-0.15, -0.1) is 0 Å². The van der Waals surface area contributed by atoms with Crippen molar-refractivity contribution >= 4 is 22.5 Å². The van der Waals surface area contributed by atoms with Gasteiger partial charge in [0, 0.05) is 43.0 Å². The third kappa shape index (κ3) is 4.17. The van der Waals surface area contributed by atoms with Gasteiger partial charge in [0.25, 0.3) is 0 Å². The summed E-state index contributed by atoms with van der Waals surface area (Å²) in [6, 6.07) is 16.1. The lowest BCUT2D eigenvalue weighted by atomic mass is 10.0. The van der Waals surface area contributed by atoms with E-state index in [2.05, 4.69) is 64.9 Å². The molecule has 34 heavy (non-hydrogen) atoms. The zero-order valence-electron chi connectivity index (χ0n) is 20.2. The van der Waals surface area contributed by atoms with Crippen LogP contribution in [0.4, 0.5) is 11.5 Å². The molecule has 0 spiro atoms. The molecule has 8 heteroatoms. The van der Waals surface area contributed by atoms with Gasteiger partial charge >= 0.3 is 0 Å². The second kappa shape index (κ2) is 8.61. The Bertz CT molecular complexity index is 1280. The minimum absolute atomic E-state index is 0.215. The van der Waals surface area contributed by atoms with Crippen LogP contribution in [0.1, 0.15) is 20.8 Å². The Hall–Kier alpha value is -3.65. The Balaban J connectivity index is 1.38. The minimum Gasteiger partial charge on any atom is -0.497 e. The molecule has 2 aromatic carbocycles. The minimum atomic E-state index is 0.215. The summed E-state index contributed by atoms with van der Waals surface area (Å²) in [4.78, 5) is 14.2. The fourth-order valence-corrected chi connectivity index (χ4v) is 4.47. The van der Waals surface area contributed by atoms with Crippen LogP contribution in [-0.4, -0.2) is 63.5 Å². The summed E-state index contributed by atoms with van der Waals surface area (Å²) in [7, 11) is 1.64. The zero-order chi connectivity index (χ0) is 23.9. The summed E-state index contributed by atoms with van der Waals surface area (Å²) < 4.78 is 7.04. The van der Waals surface area contributed by atoms with Crippen LogP contribution in [0.15, 0.2) is 54.7 Å². The first-order chi connectivity index (χ1) is 16.3. The van der Waals surface area contributed by atoms with E-state index in [9.17, 15) is 0 Å². The van der Waals surface area contributed by atoms with Gasteiger partial charge in [0.05, 0.1) is 19.0 Å². The molecule has 0 saturated carbocycles. The third-order valence-electron chi connectivity index (χ3n) is 6.48. The van der Waals surface area contributed by atoms with Crippen LogP contribution < -0.4 is 15.4 Å². The molecule has 0 amide bonds. The van der Waals surface area contributed by atoms with Crippen molar-refractivity contribution in [1.82, 2.24) is 24.6 Å². The summed E-state index contributed by atoms with van der Waals surface area (Å²) in [6.45, 7) is 11.0. The normalized spacial score (nSPS) is 15.1. The van der Waals surface area contributed by atoms with E-state index < -0.39 is 0 Å². The van der Waals surface area contributed by atoms with Gasteiger partial charge in [0.1, 0.15) is 16.8 Å². The highest BCUT2D eigenvalue weighted by molar-refractivity contribution is 5.87. The Morgan fingerprint density at radius 2 is 1.50 bits per heavy atom. The van der Waals surface area contributed by atoms with E-state index >= 15 is 0 Å². The average Bonchev–Trinajstić information content (AvgIpc) is 3.28. The van der Waals surface area contributed by atoms with E-state index in [4.69, 9.17) is 15.5 Å². The van der Waals surface area contributed by atoms with Crippen molar-refractivity contribution < 1.29 is 4.74 Å². The second-order valence-corrected chi connectivity index (χ2v) is 9.61. The fourth-order valence-electron chi connectivity index (χ4n) is 4.47. The van der Waals surface area contributed by atoms with Crippen LogP contribution in [0.3, 0.4) is 0 Å². The van der Waals surface area contributed by atoms with Gasteiger partial charge in [-0.1, -0.05) is 0 Å². The van der Waals surface area contributed by atoms with Crippen LogP contribution >= 0.6 is 0 Å². The average molecular weight is 458 g/mol. The topological polar surface area (TPSA) is 85.3 Å². The number of hydrogen-bond donors (Lipinski definition) is 1. The summed E-state index contributed by atoms with van der Waals surface area (Å²) in [6.07, 6.45) is 1.74. The van der Waals surface area contributed by atoms with Gasteiger partial charge in [-0.25, -0.2) is 14.6 Å². The van der Waals surface area contributed by atoms with Crippen molar-refractivity contribution in [3.05, 3.63) is 54.7 Å². The lowest BCUT2D eigenvalue weighted by molar-refractivity contribution is 0.128. The molecule has 176 valence electrons. The number of nitrogen functional groups attached to an aromatic ring is 1. The molecule has 3 heterocycles. The number of nitrogens with two attached hydrogens (primary N) is 1. The highest BCUT2D eigenvalue weighted by Gasteiger charge is 2.26. The summed E-state index contributed by atoms with van der Waals surface area (Å²) in [5.74, 6) is 1.75. The number of rotatable bonds is 4. The van der Waals surface area contributed by atoms with Crippen molar-refractivity contribution in [1.29, 1.82) is 0 Å². The molecule has 0 unspecified atom stereocenters. The standard InChI is InChI=1S/C26H31N7O/c1-26(2,3)32-15-13-31(14-16-32)19-7-9-20(10-8-19)33-23-22(17-28-33)29-25(30-24(23)27)18-5-11-21(34-4)12-6-18/h5-12,17H,13-16H2,1-4H3,(H2,27,29,30). The fraction of sp³-hybridized carbons (Fsp3) is 0.346. The zero-order valence-corrected chi connectivity index (χ0v) is 20.2. The van der Waals surface area contributed by atoms with E-state index in [1.165, 1.54) is 5.69 Å². The first-order valence-electron chi connectivity index (χ1n) is 11.6. The van der Waals surface area contributed by atoms with E-state index in [1.807, 2.05) is 28.9 Å². The summed E-state index contributed by atoms with van der Waals surface area (Å²) in [5.41, 5.74) is 11.0. The number of benzene rings is 2. The van der Waals surface area contributed by atoms with Crippen LogP contribution in [-0.2, 0) is 0 Å². The molecular formula is C26H31N7O. The maximum Gasteiger partial charge on any atom is 0.162 e.